The molecular weight excluding hydrogens is 438 g/mol. The van der Waals surface area contributed by atoms with Gasteiger partial charge in [-0.15, -0.1) is 0 Å². The number of carbonyl (C=O) groups excluding carboxylic acids is 1. The molecule has 0 aliphatic heterocycles. The number of ether oxygens (including phenoxy) is 1. The van der Waals surface area contributed by atoms with Crippen LogP contribution in [-0.2, 0) is 13.2 Å². The van der Waals surface area contributed by atoms with Crippen molar-refractivity contribution in [2.24, 2.45) is 0 Å². The predicted molar refractivity (Wildman–Crippen MR) is 137 cm³/mol. The fourth-order valence-corrected chi connectivity index (χ4v) is 4.06. The number of furan rings is 1. The van der Waals surface area contributed by atoms with E-state index in [4.69, 9.17) is 9.15 Å². The van der Waals surface area contributed by atoms with Gasteiger partial charge in [-0.3, -0.25) is 9.48 Å². The first-order chi connectivity index (χ1) is 17.0. The highest BCUT2D eigenvalue weighted by Gasteiger charge is 2.18. The number of fused-ring (bicyclic) bond motifs is 1. The average molecular weight is 466 g/mol. The summed E-state index contributed by atoms with van der Waals surface area (Å²) in [6, 6.07) is 25.8. The molecule has 1 amide bonds. The maximum atomic E-state index is 12.9. The molecule has 0 aliphatic carbocycles. The molecule has 0 fully saturated rings. The Morgan fingerprint density at radius 3 is 2.51 bits per heavy atom. The van der Waals surface area contributed by atoms with Crippen LogP contribution in [0.1, 0.15) is 38.8 Å². The van der Waals surface area contributed by atoms with Crippen molar-refractivity contribution in [3.63, 3.8) is 0 Å². The third kappa shape index (κ3) is 4.96. The number of rotatable bonds is 7. The lowest BCUT2D eigenvalue weighted by molar-refractivity contribution is 0.0992. The van der Waals surface area contributed by atoms with Gasteiger partial charge in [-0.2, -0.15) is 5.10 Å². The number of hydrogen-bond acceptors (Lipinski definition) is 4. The number of amides is 1. The molecule has 0 atom stereocenters. The molecule has 176 valence electrons. The van der Waals surface area contributed by atoms with Crippen molar-refractivity contribution in [1.29, 1.82) is 0 Å². The van der Waals surface area contributed by atoms with Crippen LogP contribution in [0.2, 0.25) is 0 Å². The van der Waals surface area contributed by atoms with Crippen LogP contribution < -0.4 is 10.1 Å². The molecule has 2 heterocycles. The predicted octanol–water partition coefficient (Wildman–Crippen LogP) is 6.43. The van der Waals surface area contributed by atoms with Gasteiger partial charge in [-0.05, 0) is 61.4 Å². The standard InChI is InChI=1S/C29H27N3O3/c1-19-8-10-22(11-9-19)17-32-21(3)28(20(2)31-32)30-29(33)27-15-14-26(35-27)18-34-25-13-12-23-6-4-5-7-24(23)16-25/h4-16H,17-18H2,1-3H3,(H,30,33). The fourth-order valence-electron chi connectivity index (χ4n) is 4.06. The largest absolute Gasteiger partial charge is 0.486 e. The molecule has 6 heteroatoms. The number of anilines is 1. The van der Waals surface area contributed by atoms with Gasteiger partial charge in [0, 0.05) is 0 Å². The highest BCUT2D eigenvalue weighted by atomic mass is 16.5. The van der Waals surface area contributed by atoms with Crippen molar-refractivity contribution in [2.45, 2.75) is 33.9 Å². The number of carbonyl (C=O) groups is 1. The van der Waals surface area contributed by atoms with E-state index in [0.717, 1.165) is 33.5 Å². The first kappa shape index (κ1) is 22.5. The first-order valence-corrected chi connectivity index (χ1v) is 11.6. The summed E-state index contributed by atoms with van der Waals surface area (Å²) >= 11 is 0. The first-order valence-electron chi connectivity index (χ1n) is 11.6. The van der Waals surface area contributed by atoms with Crippen LogP contribution in [0, 0.1) is 20.8 Å². The van der Waals surface area contributed by atoms with Crippen molar-refractivity contribution in [3.05, 3.63) is 113 Å². The van der Waals surface area contributed by atoms with Gasteiger partial charge in [0.15, 0.2) is 5.76 Å². The number of benzene rings is 3. The molecule has 0 saturated heterocycles. The van der Waals surface area contributed by atoms with Crippen LogP contribution in [0.4, 0.5) is 5.69 Å². The zero-order valence-corrected chi connectivity index (χ0v) is 20.0. The molecule has 0 saturated carbocycles. The molecule has 5 aromatic rings. The Balaban J connectivity index is 1.24. The van der Waals surface area contributed by atoms with E-state index in [1.807, 2.05) is 54.9 Å². The van der Waals surface area contributed by atoms with Crippen molar-refractivity contribution >= 4 is 22.4 Å². The van der Waals surface area contributed by atoms with Gasteiger partial charge >= 0.3 is 0 Å². The number of nitrogens with zero attached hydrogens (tertiary/aromatic N) is 2. The zero-order chi connectivity index (χ0) is 24.4. The van der Waals surface area contributed by atoms with Crippen LogP contribution in [0.15, 0.2) is 83.3 Å². The molecule has 0 unspecified atom stereocenters. The normalized spacial score (nSPS) is 11.1. The van der Waals surface area contributed by atoms with Gasteiger partial charge in [0.1, 0.15) is 18.1 Å². The molecule has 0 radical (unpaired) electrons. The molecule has 1 N–H and O–H groups in total. The smallest absolute Gasteiger partial charge is 0.291 e. The molecule has 35 heavy (non-hydrogen) atoms. The van der Waals surface area contributed by atoms with Gasteiger partial charge in [0.2, 0.25) is 0 Å². The van der Waals surface area contributed by atoms with Gasteiger partial charge < -0.3 is 14.5 Å². The van der Waals surface area contributed by atoms with Gasteiger partial charge in [-0.1, -0.05) is 60.2 Å². The minimum atomic E-state index is -0.317. The number of aromatic nitrogens is 2. The van der Waals surface area contributed by atoms with Crippen molar-refractivity contribution in [1.82, 2.24) is 9.78 Å². The van der Waals surface area contributed by atoms with Crippen LogP contribution in [0.25, 0.3) is 10.8 Å². The van der Waals surface area contributed by atoms with E-state index in [-0.39, 0.29) is 18.3 Å². The SMILES string of the molecule is Cc1ccc(Cn2nc(C)c(NC(=O)c3ccc(COc4ccc5ccccc5c4)o3)c2C)cc1. The Morgan fingerprint density at radius 1 is 0.943 bits per heavy atom. The molecular formula is C29H27N3O3. The van der Waals surface area contributed by atoms with E-state index in [9.17, 15) is 4.79 Å². The number of aryl methyl sites for hydroxylation is 2. The Bertz CT molecular complexity index is 1500. The second-order valence-corrected chi connectivity index (χ2v) is 8.71. The number of nitrogens with one attached hydrogen (secondary N) is 1. The fraction of sp³-hybridized carbons (Fsp3) is 0.172. The van der Waals surface area contributed by atoms with E-state index < -0.39 is 0 Å². The lowest BCUT2D eigenvalue weighted by Gasteiger charge is -2.07. The van der Waals surface area contributed by atoms with Crippen LogP contribution >= 0.6 is 0 Å². The van der Waals surface area contributed by atoms with Crippen molar-refractivity contribution in [3.8, 4) is 5.75 Å². The van der Waals surface area contributed by atoms with Crippen molar-refractivity contribution < 1.29 is 13.9 Å². The van der Waals surface area contributed by atoms with Gasteiger partial charge in [0.05, 0.1) is 23.6 Å². The summed E-state index contributed by atoms with van der Waals surface area (Å²) in [7, 11) is 0. The van der Waals surface area contributed by atoms with Gasteiger partial charge in [0.25, 0.3) is 5.91 Å². The lowest BCUT2D eigenvalue weighted by Crippen LogP contribution is -2.12. The molecule has 0 bridgehead atoms. The second kappa shape index (κ2) is 9.50. The van der Waals surface area contributed by atoms with Crippen molar-refractivity contribution in [2.75, 3.05) is 5.32 Å². The molecule has 5 rings (SSSR count). The Morgan fingerprint density at radius 2 is 1.71 bits per heavy atom. The maximum Gasteiger partial charge on any atom is 0.291 e. The van der Waals surface area contributed by atoms with Crippen LogP contribution in [-0.4, -0.2) is 15.7 Å². The summed E-state index contributed by atoms with van der Waals surface area (Å²) in [6.45, 7) is 6.78. The van der Waals surface area contributed by atoms with Gasteiger partial charge in [-0.25, -0.2) is 0 Å². The molecule has 6 nitrogen and oxygen atoms in total. The average Bonchev–Trinajstić information content (AvgIpc) is 3.44. The van der Waals surface area contributed by atoms with E-state index >= 15 is 0 Å². The molecule has 3 aromatic carbocycles. The quantitative estimate of drug-likeness (QED) is 0.301. The summed E-state index contributed by atoms with van der Waals surface area (Å²) in [5.74, 6) is 1.24. The Hall–Kier alpha value is -4.32. The van der Waals surface area contributed by atoms with Crippen LogP contribution in [0.3, 0.4) is 0 Å². The minimum absolute atomic E-state index is 0.229. The highest BCUT2D eigenvalue weighted by molar-refractivity contribution is 6.03. The summed E-state index contributed by atoms with van der Waals surface area (Å²) in [4.78, 5) is 12.9. The van der Waals surface area contributed by atoms with E-state index in [0.29, 0.717) is 18.0 Å². The van der Waals surface area contributed by atoms with E-state index in [1.54, 1.807) is 12.1 Å². The Labute approximate surface area is 204 Å². The molecule has 2 aromatic heterocycles. The number of hydrogen-bond donors (Lipinski definition) is 1. The summed E-state index contributed by atoms with van der Waals surface area (Å²) in [6.07, 6.45) is 0. The second-order valence-electron chi connectivity index (χ2n) is 8.71. The van der Waals surface area contributed by atoms with E-state index in [2.05, 4.69) is 47.7 Å². The summed E-state index contributed by atoms with van der Waals surface area (Å²) in [5, 5.41) is 9.84. The molecule has 0 aliphatic rings. The van der Waals surface area contributed by atoms with Crippen LogP contribution in [0.5, 0.6) is 5.75 Å². The maximum absolute atomic E-state index is 12.9. The third-order valence-electron chi connectivity index (χ3n) is 6.06. The minimum Gasteiger partial charge on any atom is -0.486 e. The lowest BCUT2D eigenvalue weighted by atomic mass is 10.1. The third-order valence-corrected chi connectivity index (χ3v) is 6.06. The Kier molecular flexibility index (Phi) is 6.10. The zero-order valence-electron chi connectivity index (χ0n) is 20.0. The summed E-state index contributed by atoms with van der Waals surface area (Å²) < 4.78 is 13.5. The monoisotopic (exact) mass is 465 g/mol. The highest BCUT2D eigenvalue weighted by Crippen LogP contribution is 2.24. The topological polar surface area (TPSA) is 69.3 Å². The van der Waals surface area contributed by atoms with E-state index in [1.165, 1.54) is 5.56 Å². The summed E-state index contributed by atoms with van der Waals surface area (Å²) in [5.41, 5.74) is 4.72. The molecule has 0 spiro atoms.